The van der Waals surface area contributed by atoms with E-state index < -0.39 is 22.7 Å². The molecule has 0 aliphatic rings. The van der Waals surface area contributed by atoms with E-state index in [4.69, 9.17) is 0 Å². The molecule has 0 unspecified atom stereocenters. The summed E-state index contributed by atoms with van der Waals surface area (Å²) in [6.07, 6.45) is 0. The first-order valence-corrected chi connectivity index (χ1v) is 5.47. The summed E-state index contributed by atoms with van der Waals surface area (Å²) in [5, 5.41) is 4.85. The van der Waals surface area contributed by atoms with Crippen molar-refractivity contribution < 1.29 is 19.1 Å². The molecule has 98 valence electrons. The van der Waals surface area contributed by atoms with Gasteiger partial charge in [-0.2, -0.15) is 12.6 Å². The Kier molecular flexibility index (Phi) is 6.01. The lowest BCUT2D eigenvalue weighted by molar-refractivity contribution is -0.141. The number of amides is 2. The second-order valence-electron chi connectivity index (χ2n) is 4.08. The third-order valence-electron chi connectivity index (χ3n) is 1.95. The number of methoxy groups -OCH3 is 1. The van der Waals surface area contributed by atoms with Gasteiger partial charge in [-0.25, -0.2) is 0 Å². The summed E-state index contributed by atoms with van der Waals surface area (Å²) in [6.45, 7) is 4.44. The number of carbonyl (C=O) groups is 3. The van der Waals surface area contributed by atoms with Gasteiger partial charge in [-0.15, -0.1) is 0 Å². The Balaban J connectivity index is 4.54. The molecule has 0 spiro atoms. The van der Waals surface area contributed by atoms with E-state index in [2.05, 4.69) is 28.0 Å². The van der Waals surface area contributed by atoms with Crippen molar-refractivity contribution in [3.05, 3.63) is 0 Å². The fourth-order valence-corrected chi connectivity index (χ4v) is 1.28. The summed E-state index contributed by atoms with van der Waals surface area (Å²) in [6, 6.07) is -0.826. The predicted molar refractivity (Wildman–Crippen MR) is 65.7 cm³/mol. The number of hydrogen-bond donors (Lipinski definition) is 3. The lowest BCUT2D eigenvalue weighted by Crippen LogP contribution is -2.55. The number of esters is 1. The fourth-order valence-electron chi connectivity index (χ4n) is 1.10. The van der Waals surface area contributed by atoms with Crippen LogP contribution in [-0.4, -0.2) is 42.2 Å². The van der Waals surface area contributed by atoms with Crippen molar-refractivity contribution in [2.45, 2.75) is 31.6 Å². The van der Waals surface area contributed by atoms with Crippen molar-refractivity contribution in [3.8, 4) is 0 Å². The van der Waals surface area contributed by atoms with E-state index in [0.29, 0.717) is 0 Å². The molecule has 0 radical (unpaired) electrons. The quantitative estimate of drug-likeness (QED) is 0.460. The SMILES string of the molecule is COC(=O)CNC(=O)[C@@H](NC(C)=O)C(C)(C)S. The molecular weight excluding hydrogens is 244 g/mol. The van der Waals surface area contributed by atoms with Gasteiger partial charge >= 0.3 is 5.97 Å². The first kappa shape index (κ1) is 15.8. The van der Waals surface area contributed by atoms with Crippen LogP contribution < -0.4 is 10.6 Å². The molecule has 2 amide bonds. The summed E-state index contributed by atoms with van der Waals surface area (Å²) in [4.78, 5) is 33.6. The zero-order valence-electron chi connectivity index (χ0n) is 10.4. The van der Waals surface area contributed by atoms with Crippen molar-refractivity contribution in [2.24, 2.45) is 0 Å². The summed E-state index contributed by atoms with van der Waals surface area (Å²) in [7, 11) is 1.22. The van der Waals surface area contributed by atoms with Crippen LogP contribution in [0, 0.1) is 0 Å². The average molecular weight is 262 g/mol. The van der Waals surface area contributed by atoms with Gasteiger partial charge in [0.25, 0.3) is 0 Å². The number of rotatable bonds is 5. The molecule has 6 nitrogen and oxygen atoms in total. The van der Waals surface area contributed by atoms with Gasteiger partial charge in [-0.1, -0.05) is 0 Å². The Bertz CT molecular complexity index is 312. The third kappa shape index (κ3) is 6.15. The van der Waals surface area contributed by atoms with E-state index in [1.165, 1.54) is 14.0 Å². The topological polar surface area (TPSA) is 84.5 Å². The molecular formula is C10H18N2O4S. The van der Waals surface area contributed by atoms with Crippen LogP contribution in [0.15, 0.2) is 0 Å². The molecule has 7 heteroatoms. The summed E-state index contributed by atoms with van der Waals surface area (Å²) in [5.41, 5.74) is 0. The number of thiol groups is 1. The molecule has 0 fully saturated rings. The Hall–Kier alpha value is -1.24. The van der Waals surface area contributed by atoms with Crippen LogP contribution in [0.5, 0.6) is 0 Å². The molecule has 0 bridgehead atoms. The van der Waals surface area contributed by atoms with Crippen LogP contribution >= 0.6 is 12.6 Å². The number of nitrogens with one attached hydrogen (secondary N) is 2. The van der Waals surface area contributed by atoms with E-state index in [-0.39, 0.29) is 12.5 Å². The zero-order chi connectivity index (χ0) is 13.6. The maximum absolute atomic E-state index is 11.8. The Labute approximate surface area is 106 Å². The van der Waals surface area contributed by atoms with Gasteiger partial charge in [0.1, 0.15) is 12.6 Å². The van der Waals surface area contributed by atoms with Crippen LogP contribution in [-0.2, 0) is 19.1 Å². The molecule has 17 heavy (non-hydrogen) atoms. The highest BCUT2D eigenvalue weighted by Crippen LogP contribution is 2.17. The molecule has 0 aromatic carbocycles. The van der Waals surface area contributed by atoms with Crippen molar-refractivity contribution in [1.29, 1.82) is 0 Å². The van der Waals surface area contributed by atoms with E-state index in [1.807, 2.05) is 0 Å². The van der Waals surface area contributed by atoms with Crippen LogP contribution in [0.2, 0.25) is 0 Å². The Morgan fingerprint density at radius 2 is 1.88 bits per heavy atom. The average Bonchev–Trinajstić information content (AvgIpc) is 2.20. The highest BCUT2D eigenvalue weighted by atomic mass is 32.1. The lowest BCUT2D eigenvalue weighted by Gasteiger charge is -2.28. The molecule has 0 aliphatic heterocycles. The van der Waals surface area contributed by atoms with Crippen LogP contribution in [0.4, 0.5) is 0 Å². The lowest BCUT2D eigenvalue weighted by atomic mass is 10.0. The smallest absolute Gasteiger partial charge is 0.325 e. The van der Waals surface area contributed by atoms with Gasteiger partial charge in [0.15, 0.2) is 0 Å². The standard InChI is InChI=1S/C10H18N2O4S/c1-6(13)12-8(10(2,3)17)9(15)11-5-7(14)16-4/h8,17H,5H2,1-4H3,(H,11,15)(H,12,13)/t8-/m1/s1. The number of hydrogen-bond acceptors (Lipinski definition) is 5. The first-order chi connectivity index (χ1) is 7.68. The molecule has 0 rings (SSSR count). The molecule has 0 aliphatic carbocycles. The summed E-state index contributed by atoms with van der Waals surface area (Å²) < 4.78 is 3.64. The predicted octanol–water partition coefficient (Wildman–Crippen LogP) is -0.511. The first-order valence-electron chi connectivity index (χ1n) is 5.02. The fraction of sp³-hybridized carbons (Fsp3) is 0.700. The van der Waals surface area contributed by atoms with Crippen molar-refractivity contribution in [1.82, 2.24) is 10.6 Å². The van der Waals surface area contributed by atoms with Gasteiger partial charge in [0.05, 0.1) is 7.11 Å². The highest BCUT2D eigenvalue weighted by Gasteiger charge is 2.33. The second-order valence-corrected chi connectivity index (χ2v) is 5.23. The van der Waals surface area contributed by atoms with E-state index >= 15 is 0 Å². The third-order valence-corrected chi connectivity index (χ3v) is 2.21. The van der Waals surface area contributed by atoms with Crippen LogP contribution in [0.1, 0.15) is 20.8 Å². The largest absolute Gasteiger partial charge is 0.468 e. The van der Waals surface area contributed by atoms with Gasteiger partial charge < -0.3 is 15.4 Å². The van der Waals surface area contributed by atoms with E-state index in [9.17, 15) is 14.4 Å². The molecule has 2 N–H and O–H groups in total. The van der Waals surface area contributed by atoms with E-state index in [1.54, 1.807) is 13.8 Å². The van der Waals surface area contributed by atoms with Gasteiger partial charge in [0, 0.05) is 11.7 Å². The molecule has 0 saturated carbocycles. The minimum Gasteiger partial charge on any atom is -0.468 e. The van der Waals surface area contributed by atoms with Crippen LogP contribution in [0.25, 0.3) is 0 Å². The normalized spacial score (nSPS) is 12.5. The number of ether oxygens (including phenoxy) is 1. The van der Waals surface area contributed by atoms with Crippen molar-refractivity contribution >= 4 is 30.4 Å². The summed E-state index contributed by atoms with van der Waals surface area (Å²) >= 11 is 4.24. The van der Waals surface area contributed by atoms with Crippen LogP contribution in [0.3, 0.4) is 0 Å². The number of carbonyl (C=O) groups excluding carboxylic acids is 3. The minimum absolute atomic E-state index is 0.241. The van der Waals surface area contributed by atoms with Gasteiger partial charge in [-0.3, -0.25) is 14.4 Å². The zero-order valence-corrected chi connectivity index (χ0v) is 11.3. The maximum atomic E-state index is 11.8. The van der Waals surface area contributed by atoms with E-state index in [0.717, 1.165) is 0 Å². The van der Waals surface area contributed by atoms with Crippen molar-refractivity contribution in [3.63, 3.8) is 0 Å². The molecule has 1 atom stereocenters. The maximum Gasteiger partial charge on any atom is 0.325 e. The second kappa shape index (κ2) is 6.48. The summed E-state index contributed by atoms with van der Waals surface area (Å²) in [5.74, 6) is -1.38. The monoisotopic (exact) mass is 262 g/mol. The van der Waals surface area contributed by atoms with Gasteiger partial charge in [0.2, 0.25) is 11.8 Å². The Morgan fingerprint density at radius 1 is 1.35 bits per heavy atom. The highest BCUT2D eigenvalue weighted by molar-refractivity contribution is 7.81. The molecule has 0 aromatic heterocycles. The minimum atomic E-state index is -0.826. The molecule has 0 heterocycles. The van der Waals surface area contributed by atoms with Gasteiger partial charge in [-0.05, 0) is 13.8 Å². The van der Waals surface area contributed by atoms with Crippen molar-refractivity contribution in [2.75, 3.05) is 13.7 Å². The Morgan fingerprint density at radius 3 is 2.24 bits per heavy atom. The molecule has 0 aromatic rings. The molecule has 0 saturated heterocycles.